The van der Waals surface area contributed by atoms with Crippen LogP contribution in [0.15, 0.2) is 30.3 Å². The molecule has 0 heterocycles. The number of urea groups is 1. The van der Waals surface area contributed by atoms with Crippen molar-refractivity contribution in [2.75, 3.05) is 11.9 Å². The van der Waals surface area contributed by atoms with Crippen molar-refractivity contribution in [1.82, 2.24) is 5.32 Å². The first kappa shape index (κ1) is 13.3. The number of hydrogen-bond acceptors (Lipinski definition) is 2. The van der Waals surface area contributed by atoms with E-state index in [0.717, 1.165) is 11.3 Å². The Hall–Kier alpha value is -1.81. The van der Waals surface area contributed by atoms with E-state index in [9.17, 15) is 4.79 Å². The Balaban J connectivity index is 2.65. The van der Waals surface area contributed by atoms with E-state index in [1.165, 1.54) is 0 Å². The van der Waals surface area contributed by atoms with E-state index in [0.29, 0.717) is 0 Å². The highest BCUT2D eigenvalue weighted by Crippen LogP contribution is 2.11. The summed E-state index contributed by atoms with van der Waals surface area (Å²) >= 11 is 0. The molecule has 0 spiro atoms. The molecule has 1 aromatic rings. The molecule has 0 bridgehead atoms. The van der Waals surface area contributed by atoms with E-state index < -0.39 is 0 Å². The summed E-state index contributed by atoms with van der Waals surface area (Å²) in [5.41, 5.74) is 1.66. The lowest BCUT2D eigenvalue weighted by atomic mass is 10.2. The van der Waals surface area contributed by atoms with Gasteiger partial charge in [0.15, 0.2) is 0 Å². The van der Waals surface area contributed by atoms with Crippen LogP contribution in [0.3, 0.4) is 0 Å². The van der Waals surface area contributed by atoms with E-state index in [2.05, 4.69) is 10.6 Å². The zero-order valence-electron chi connectivity index (χ0n) is 10.1. The van der Waals surface area contributed by atoms with Gasteiger partial charge in [-0.3, -0.25) is 0 Å². The first-order valence-electron chi connectivity index (χ1n) is 5.57. The number of hydrogen-bond donors (Lipinski definition) is 3. The summed E-state index contributed by atoms with van der Waals surface area (Å²) in [5.74, 6) is 0. The van der Waals surface area contributed by atoms with Crippen LogP contribution in [0.25, 0.3) is 6.08 Å². The molecule has 1 aromatic carbocycles. The zero-order valence-corrected chi connectivity index (χ0v) is 10.1. The Morgan fingerprint density at radius 2 is 2.24 bits per heavy atom. The number of rotatable bonds is 4. The molecule has 2 amide bonds. The highest BCUT2D eigenvalue weighted by molar-refractivity contribution is 5.89. The fraction of sp³-hybridized carbons (Fsp3) is 0.308. The molecule has 0 aliphatic heterocycles. The van der Waals surface area contributed by atoms with Crippen molar-refractivity contribution in [2.45, 2.75) is 19.9 Å². The lowest BCUT2D eigenvalue weighted by molar-refractivity contribution is 0.250. The summed E-state index contributed by atoms with van der Waals surface area (Å²) in [6.07, 6.45) is 3.44. The van der Waals surface area contributed by atoms with Crippen molar-refractivity contribution >= 4 is 17.8 Å². The summed E-state index contributed by atoms with van der Waals surface area (Å²) in [4.78, 5) is 11.5. The highest BCUT2D eigenvalue weighted by atomic mass is 16.2. The van der Waals surface area contributed by atoms with Crippen molar-refractivity contribution in [2.24, 2.45) is 0 Å². The highest BCUT2D eigenvalue weighted by Gasteiger charge is 2.02. The van der Waals surface area contributed by atoms with E-state index in [-0.39, 0.29) is 18.7 Å². The molecule has 0 saturated carbocycles. The van der Waals surface area contributed by atoms with E-state index in [1.807, 2.05) is 38.1 Å². The molecule has 4 nitrogen and oxygen atoms in total. The van der Waals surface area contributed by atoms with Crippen LogP contribution in [0.5, 0.6) is 0 Å². The van der Waals surface area contributed by atoms with Crippen LogP contribution in [0.4, 0.5) is 10.5 Å². The molecule has 0 atom stereocenters. The average Bonchev–Trinajstić information content (AvgIpc) is 2.25. The monoisotopic (exact) mass is 234 g/mol. The van der Waals surface area contributed by atoms with Crippen LogP contribution >= 0.6 is 0 Å². The molecule has 0 radical (unpaired) electrons. The minimum Gasteiger partial charge on any atom is -0.392 e. The SMILES string of the molecule is CC(C)NC(=O)Nc1cccc(/C=C/CO)c1. The maximum absolute atomic E-state index is 11.5. The zero-order chi connectivity index (χ0) is 12.7. The van der Waals surface area contributed by atoms with Gasteiger partial charge < -0.3 is 15.7 Å². The number of benzene rings is 1. The third kappa shape index (κ3) is 5.17. The molecular weight excluding hydrogens is 216 g/mol. The first-order chi connectivity index (χ1) is 8.11. The maximum atomic E-state index is 11.5. The number of amides is 2. The van der Waals surface area contributed by atoms with Gasteiger partial charge in [0.2, 0.25) is 0 Å². The minimum absolute atomic E-state index is 0.00545. The van der Waals surface area contributed by atoms with Crippen molar-refractivity contribution in [3.63, 3.8) is 0 Å². The molecule has 92 valence electrons. The number of carbonyl (C=O) groups excluding carboxylic acids is 1. The van der Waals surface area contributed by atoms with Gasteiger partial charge in [0.05, 0.1) is 6.61 Å². The molecule has 0 aromatic heterocycles. The quantitative estimate of drug-likeness (QED) is 0.748. The third-order valence-corrected chi connectivity index (χ3v) is 1.98. The Labute approximate surface area is 101 Å². The van der Waals surface area contributed by atoms with Gasteiger partial charge >= 0.3 is 6.03 Å². The van der Waals surface area contributed by atoms with E-state index in [1.54, 1.807) is 12.2 Å². The maximum Gasteiger partial charge on any atom is 0.319 e. The normalized spacial score (nSPS) is 10.8. The summed E-state index contributed by atoms with van der Waals surface area (Å²) in [6.45, 7) is 3.81. The molecule has 0 fully saturated rings. The van der Waals surface area contributed by atoms with Crippen molar-refractivity contribution in [3.8, 4) is 0 Å². The van der Waals surface area contributed by atoms with Crippen molar-refractivity contribution < 1.29 is 9.90 Å². The molecule has 17 heavy (non-hydrogen) atoms. The van der Waals surface area contributed by atoms with Gasteiger partial charge in [-0.2, -0.15) is 0 Å². The molecule has 3 N–H and O–H groups in total. The number of nitrogens with one attached hydrogen (secondary N) is 2. The minimum atomic E-state index is -0.219. The molecular formula is C13H18N2O2. The molecule has 1 rings (SSSR count). The second-order valence-electron chi connectivity index (χ2n) is 3.96. The van der Waals surface area contributed by atoms with Crippen LogP contribution < -0.4 is 10.6 Å². The number of carbonyl (C=O) groups is 1. The van der Waals surface area contributed by atoms with Gasteiger partial charge in [-0.1, -0.05) is 24.3 Å². The lowest BCUT2D eigenvalue weighted by Gasteiger charge is -2.10. The van der Waals surface area contributed by atoms with Crippen LogP contribution in [-0.4, -0.2) is 23.8 Å². The Kier molecular flexibility index (Phi) is 5.23. The smallest absolute Gasteiger partial charge is 0.319 e. The van der Waals surface area contributed by atoms with E-state index >= 15 is 0 Å². The predicted octanol–water partition coefficient (Wildman–Crippen LogP) is 2.22. The van der Waals surface area contributed by atoms with Gasteiger partial charge in [0.1, 0.15) is 0 Å². The summed E-state index contributed by atoms with van der Waals surface area (Å²) in [7, 11) is 0. The third-order valence-electron chi connectivity index (χ3n) is 1.98. The van der Waals surface area contributed by atoms with Crippen molar-refractivity contribution in [3.05, 3.63) is 35.9 Å². The Morgan fingerprint density at radius 1 is 1.47 bits per heavy atom. The lowest BCUT2D eigenvalue weighted by Crippen LogP contribution is -2.34. The van der Waals surface area contributed by atoms with Gasteiger partial charge in [0.25, 0.3) is 0 Å². The largest absolute Gasteiger partial charge is 0.392 e. The summed E-state index contributed by atoms with van der Waals surface area (Å²) < 4.78 is 0. The molecule has 0 aliphatic carbocycles. The topological polar surface area (TPSA) is 61.4 Å². The standard InChI is InChI=1S/C13H18N2O2/c1-10(2)14-13(17)15-12-7-3-5-11(9-12)6-4-8-16/h3-7,9-10,16H,8H2,1-2H3,(H2,14,15,17)/b6-4+. The predicted molar refractivity (Wildman–Crippen MR) is 69.9 cm³/mol. The molecule has 4 heteroatoms. The second-order valence-corrected chi connectivity index (χ2v) is 3.96. The number of aliphatic hydroxyl groups is 1. The van der Waals surface area contributed by atoms with Gasteiger partial charge in [-0.15, -0.1) is 0 Å². The number of anilines is 1. The van der Waals surface area contributed by atoms with Crippen LogP contribution in [0.2, 0.25) is 0 Å². The molecule has 0 unspecified atom stereocenters. The van der Waals surface area contributed by atoms with Crippen LogP contribution in [0.1, 0.15) is 19.4 Å². The Morgan fingerprint density at radius 3 is 2.88 bits per heavy atom. The fourth-order valence-electron chi connectivity index (χ4n) is 1.34. The second kappa shape index (κ2) is 6.70. The summed E-state index contributed by atoms with van der Waals surface area (Å²) in [5, 5.41) is 14.2. The van der Waals surface area contributed by atoms with Crippen LogP contribution in [0, 0.1) is 0 Å². The molecule has 0 aliphatic rings. The number of aliphatic hydroxyl groups excluding tert-OH is 1. The van der Waals surface area contributed by atoms with Gasteiger partial charge in [0, 0.05) is 11.7 Å². The Bertz CT molecular complexity index is 400. The van der Waals surface area contributed by atoms with Gasteiger partial charge in [-0.05, 0) is 31.5 Å². The summed E-state index contributed by atoms with van der Waals surface area (Å²) in [6, 6.07) is 7.29. The van der Waals surface area contributed by atoms with Gasteiger partial charge in [-0.25, -0.2) is 4.79 Å². The van der Waals surface area contributed by atoms with Crippen molar-refractivity contribution in [1.29, 1.82) is 0 Å². The van der Waals surface area contributed by atoms with Crippen LogP contribution in [-0.2, 0) is 0 Å². The average molecular weight is 234 g/mol. The fourth-order valence-corrected chi connectivity index (χ4v) is 1.34. The van der Waals surface area contributed by atoms with E-state index in [4.69, 9.17) is 5.11 Å². The first-order valence-corrected chi connectivity index (χ1v) is 5.57. The molecule has 0 saturated heterocycles.